The second-order valence-electron chi connectivity index (χ2n) is 4.48. The zero-order chi connectivity index (χ0) is 15.6. The number of hydrogen-bond donors (Lipinski definition) is 2. The molecule has 0 fully saturated rings. The monoisotopic (exact) mass is 324 g/mol. The van der Waals surface area contributed by atoms with Crippen LogP contribution in [-0.2, 0) is 10.0 Å². The number of primary sulfonamides is 1. The van der Waals surface area contributed by atoms with Gasteiger partial charge >= 0.3 is 0 Å². The zero-order valence-electron chi connectivity index (χ0n) is 11.1. The number of anilines is 1. The Bertz CT molecular complexity index is 786. The molecule has 0 aliphatic heterocycles. The molecule has 110 valence electrons. The second-order valence-corrected chi connectivity index (χ2v) is 6.48. The maximum absolute atomic E-state index is 12.1. The molecule has 0 bridgehead atoms. The van der Waals surface area contributed by atoms with Gasteiger partial charge in [0.25, 0.3) is 5.91 Å². The third-order valence-electron chi connectivity index (χ3n) is 2.88. The maximum atomic E-state index is 12.1. The van der Waals surface area contributed by atoms with E-state index in [1.165, 1.54) is 18.2 Å². The number of carbonyl (C=O) groups excluding carboxylic acids is 1. The summed E-state index contributed by atoms with van der Waals surface area (Å²) in [6.07, 6.45) is 0. The van der Waals surface area contributed by atoms with E-state index in [2.05, 4.69) is 5.32 Å². The van der Waals surface area contributed by atoms with Gasteiger partial charge in [-0.25, -0.2) is 13.6 Å². The van der Waals surface area contributed by atoms with Crippen LogP contribution in [0.15, 0.2) is 47.4 Å². The van der Waals surface area contributed by atoms with Crippen LogP contribution in [0.1, 0.15) is 15.9 Å². The van der Waals surface area contributed by atoms with E-state index in [9.17, 15) is 13.2 Å². The molecule has 1 amide bonds. The van der Waals surface area contributed by atoms with E-state index < -0.39 is 10.0 Å². The molecule has 2 aromatic rings. The first kappa shape index (κ1) is 15.5. The van der Waals surface area contributed by atoms with E-state index in [0.717, 1.165) is 0 Å². The highest BCUT2D eigenvalue weighted by molar-refractivity contribution is 7.89. The Morgan fingerprint density at radius 2 is 1.76 bits per heavy atom. The average Bonchev–Trinajstić information content (AvgIpc) is 2.40. The molecule has 0 unspecified atom stereocenters. The summed E-state index contributed by atoms with van der Waals surface area (Å²) in [6.45, 7) is 1.69. The van der Waals surface area contributed by atoms with Crippen LogP contribution < -0.4 is 10.5 Å². The molecular weight excluding hydrogens is 312 g/mol. The number of hydrogen-bond acceptors (Lipinski definition) is 3. The Labute approximate surface area is 127 Å². The van der Waals surface area contributed by atoms with Crippen molar-refractivity contribution < 1.29 is 13.2 Å². The lowest BCUT2D eigenvalue weighted by Crippen LogP contribution is -2.15. The van der Waals surface area contributed by atoms with E-state index in [0.29, 0.717) is 21.8 Å². The summed E-state index contributed by atoms with van der Waals surface area (Å²) < 4.78 is 22.5. The molecule has 3 N–H and O–H groups in total. The Kier molecular flexibility index (Phi) is 4.32. The van der Waals surface area contributed by atoms with Gasteiger partial charge in [0, 0.05) is 16.3 Å². The van der Waals surface area contributed by atoms with E-state index in [1.807, 2.05) is 0 Å². The Hall–Kier alpha value is -1.89. The van der Waals surface area contributed by atoms with Crippen molar-refractivity contribution >= 4 is 33.2 Å². The van der Waals surface area contributed by atoms with E-state index >= 15 is 0 Å². The van der Waals surface area contributed by atoms with Gasteiger partial charge in [0.15, 0.2) is 0 Å². The van der Waals surface area contributed by atoms with Crippen LogP contribution in [-0.4, -0.2) is 14.3 Å². The van der Waals surface area contributed by atoms with Gasteiger partial charge in [-0.2, -0.15) is 0 Å². The van der Waals surface area contributed by atoms with Crippen LogP contribution in [0, 0.1) is 6.92 Å². The van der Waals surface area contributed by atoms with Crippen molar-refractivity contribution in [2.45, 2.75) is 11.8 Å². The molecule has 7 heteroatoms. The molecule has 2 aromatic carbocycles. The molecule has 0 radical (unpaired) electrons. The first-order valence-corrected chi connectivity index (χ1v) is 7.90. The predicted octanol–water partition coefficient (Wildman–Crippen LogP) is 2.55. The van der Waals surface area contributed by atoms with Crippen LogP contribution >= 0.6 is 11.6 Å². The van der Waals surface area contributed by atoms with Crippen molar-refractivity contribution in [3.8, 4) is 0 Å². The topological polar surface area (TPSA) is 89.3 Å². The molecule has 0 saturated heterocycles. The van der Waals surface area contributed by atoms with E-state index in [1.54, 1.807) is 31.2 Å². The highest BCUT2D eigenvalue weighted by Crippen LogP contribution is 2.20. The number of benzene rings is 2. The second kappa shape index (κ2) is 5.85. The number of aryl methyl sites for hydroxylation is 1. The van der Waals surface area contributed by atoms with Gasteiger partial charge in [0.2, 0.25) is 10.0 Å². The standard InChI is InChI=1S/C14H13ClN2O3S/c1-9-8-12(21(16,19)20)6-7-13(9)17-14(18)10-2-4-11(15)5-3-10/h2-8H,1H3,(H,17,18)(H2,16,19,20). The number of carbonyl (C=O) groups is 1. The van der Waals surface area contributed by atoms with Crippen molar-refractivity contribution in [1.82, 2.24) is 0 Å². The number of sulfonamides is 1. The molecule has 2 rings (SSSR count). The third-order valence-corrected chi connectivity index (χ3v) is 4.04. The van der Waals surface area contributed by atoms with E-state index in [4.69, 9.17) is 16.7 Å². The maximum Gasteiger partial charge on any atom is 0.255 e. The summed E-state index contributed by atoms with van der Waals surface area (Å²) in [5.41, 5.74) is 1.57. The molecule has 21 heavy (non-hydrogen) atoms. The highest BCUT2D eigenvalue weighted by atomic mass is 35.5. The molecule has 0 aliphatic carbocycles. The van der Waals surface area contributed by atoms with Gasteiger partial charge in [-0.3, -0.25) is 4.79 Å². The highest BCUT2D eigenvalue weighted by Gasteiger charge is 2.12. The lowest BCUT2D eigenvalue weighted by Gasteiger charge is -2.09. The number of amides is 1. The van der Waals surface area contributed by atoms with Gasteiger partial charge in [-0.05, 0) is 55.0 Å². The van der Waals surface area contributed by atoms with Crippen molar-refractivity contribution in [2.24, 2.45) is 5.14 Å². The summed E-state index contributed by atoms with van der Waals surface area (Å²) in [5, 5.41) is 8.30. The van der Waals surface area contributed by atoms with Gasteiger partial charge in [0.05, 0.1) is 4.90 Å². The Balaban J connectivity index is 2.24. The van der Waals surface area contributed by atoms with Crippen molar-refractivity contribution in [3.05, 3.63) is 58.6 Å². The fraction of sp³-hybridized carbons (Fsp3) is 0.0714. The van der Waals surface area contributed by atoms with Crippen LogP contribution in [0.4, 0.5) is 5.69 Å². The number of nitrogens with one attached hydrogen (secondary N) is 1. The summed E-state index contributed by atoms with van der Waals surface area (Å²) >= 11 is 5.76. The molecular formula is C14H13ClN2O3S. The van der Waals surface area contributed by atoms with Crippen molar-refractivity contribution in [3.63, 3.8) is 0 Å². The Morgan fingerprint density at radius 3 is 2.29 bits per heavy atom. The van der Waals surface area contributed by atoms with Gasteiger partial charge in [0.1, 0.15) is 0 Å². The van der Waals surface area contributed by atoms with Crippen LogP contribution in [0.2, 0.25) is 5.02 Å². The summed E-state index contributed by atoms with van der Waals surface area (Å²) in [7, 11) is -3.75. The number of halogens is 1. The van der Waals surface area contributed by atoms with Gasteiger partial charge < -0.3 is 5.32 Å². The summed E-state index contributed by atoms with van der Waals surface area (Å²) in [6, 6.07) is 10.7. The zero-order valence-corrected chi connectivity index (χ0v) is 12.7. The van der Waals surface area contributed by atoms with Crippen LogP contribution in [0.25, 0.3) is 0 Å². The fourth-order valence-electron chi connectivity index (χ4n) is 1.75. The lowest BCUT2D eigenvalue weighted by atomic mass is 10.1. The Morgan fingerprint density at radius 1 is 1.14 bits per heavy atom. The molecule has 0 heterocycles. The van der Waals surface area contributed by atoms with Gasteiger partial charge in [-0.15, -0.1) is 0 Å². The lowest BCUT2D eigenvalue weighted by molar-refractivity contribution is 0.102. The largest absolute Gasteiger partial charge is 0.322 e. The first-order chi connectivity index (χ1) is 9.77. The predicted molar refractivity (Wildman–Crippen MR) is 82.0 cm³/mol. The smallest absolute Gasteiger partial charge is 0.255 e. The molecule has 0 aliphatic rings. The van der Waals surface area contributed by atoms with Crippen LogP contribution in [0.3, 0.4) is 0 Å². The minimum Gasteiger partial charge on any atom is -0.322 e. The average molecular weight is 325 g/mol. The van der Waals surface area contributed by atoms with Crippen molar-refractivity contribution in [2.75, 3.05) is 5.32 Å². The van der Waals surface area contributed by atoms with Gasteiger partial charge in [-0.1, -0.05) is 11.6 Å². The molecule has 0 spiro atoms. The fourth-order valence-corrected chi connectivity index (χ4v) is 2.47. The molecule has 5 nitrogen and oxygen atoms in total. The van der Waals surface area contributed by atoms with Crippen LogP contribution in [0.5, 0.6) is 0 Å². The summed E-state index contributed by atoms with van der Waals surface area (Å²) in [4.78, 5) is 12.1. The third kappa shape index (κ3) is 3.81. The molecule has 0 atom stereocenters. The van der Waals surface area contributed by atoms with Crippen molar-refractivity contribution in [1.29, 1.82) is 0 Å². The quantitative estimate of drug-likeness (QED) is 0.909. The minimum absolute atomic E-state index is 0.00416. The summed E-state index contributed by atoms with van der Waals surface area (Å²) in [5.74, 6) is -0.307. The first-order valence-electron chi connectivity index (χ1n) is 5.98. The number of nitrogens with two attached hydrogens (primary N) is 1. The molecule has 0 aromatic heterocycles. The SMILES string of the molecule is Cc1cc(S(N)(=O)=O)ccc1NC(=O)c1ccc(Cl)cc1. The minimum atomic E-state index is -3.75. The normalized spacial score (nSPS) is 11.2. The molecule has 0 saturated carbocycles. The number of rotatable bonds is 3. The van der Waals surface area contributed by atoms with E-state index in [-0.39, 0.29) is 10.8 Å².